The van der Waals surface area contributed by atoms with Crippen LogP contribution >= 0.6 is 0 Å². The van der Waals surface area contributed by atoms with Crippen molar-refractivity contribution in [2.45, 2.75) is 13.8 Å². The third kappa shape index (κ3) is 1.37. The molecule has 0 aliphatic carbocycles. The minimum absolute atomic E-state index is 0.331. The van der Waals surface area contributed by atoms with Gasteiger partial charge in [-0.2, -0.15) is 0 Å². The normalized spacial score (nSPS) is 9.64. The summed E-state index contributed by atoms with van der Waals surface area (Å²) < 4.78 is 0. The van der Waals surface area contributed by atoms with E-state index >= 15 is 0 Å². The van der Waals surface area contributed by atoms with Crippen LogP contribution in [-0.2, 0) is 0 Å². The molecule has 0 saturated heterocycles. The summed E-state index contributed by atoms with van der Waals surface area (Å²) in [6.45, 7) is 3.55. The molecular weight excluding hydrogens is 142 g/mol. The number of nitrogens with zero attached hydrogens (tertiary/aromatic N) is 1. The number of pyridine rings is 1. The maximum Gasteiger partial charge on any atom is 0.336 e. The number of hydrogen-bond donors (Lipinski definition) is 1. The molecule has 0 radical (unpaired) electrons. The van der Waals surface area contributed by atoms with Crippen LogP contribution in [0, 0.1) is 13.8 Å². The molecule has 1 heterocycles. The number of carboxylic acids is 1. The largest absolute Gasteiger partial charge is 0.478 e. The van der Waals surface area contributed by atoms with Gasteiger partial charge in [0.2, 0.25) is 0 Å². The van der Waals surface area contributed by atoms with E-state index in [0.717, 1.165) is 11.3 Å². The van der Waals surface area contributed by atoms with Gasteiger partial charge in [0.05, 0.1) is 5.56 Å². The number of carbonyl (C=O) groups is 1. The van der Waals surface area contributed by atoms with E-state index in [0.29, 0.717) is 5.56 Å². The Morgan fingerprint density at radius 2 is 2.18 bits per heavy atom. The van der Waals surface area contributed by atoms with Crippen LogP contribution in [0.1, 0.15) is 21.6 Å². The molecule has 58 valence electrons. The van der Waals surface area contributed by atoms with Crippen LogP contribution in [0.2, 0.25) is 0 Å². The summed E-state index contributed by atoms with van der Waals surface area (Å²) in [5.41, 5.74) is 1.84. The summed E-state index contributed by atoms with van der Waals surface area (Å²) in [5, 5.41) is 8.66. The van der Waals surface area contributed by atoms with Gasteiger partial charge in [-0.05, 0) is 25.5 Å². The Hall–Kier alpha value is -1.38. The summed E-state index contributed by atoms with van der Waals surface area (Å²) in [7, 11) is 0. The van der Waals surface area contributed by atoms with Gasteiger partial charge in [0.15, 0.2) is 0 Å². The minimum atomic E-state index is -0.895. The highest BCUT2D eigenvalue weighted by Gasteiger charge is 2.07. The molecule has 0 bridgehead atoms. The Morgan fingerprint density at radius 3 is 2.64 bits per heavy atom. The summed E-state index contributed by atoms with van der Waals surface area (Å²) in [4.78, 5) is 14.5. The van der Waals surface area contributed by atoms with Crippen LogP contribution in [0.5, 0.6) is 0 Å². The van der Waals surface area contributed by atoms with Crippen molar-refractivity contribution in [2.75, 3.05) is 0 Å². The molecule has 1 aromatic heterocycles. The van der Waals surface area contributed by atoms with Gasteiger partial charge in [0.25, 0.3) is 0 Å². The van der Waals surface area contributed by atoms with Crippen molar-refractivity contribution in [1.29, 1.82) is 0 Å². The molecule has 0 unspecified atom stereocenters. The topological polar surface area (TPSA) is 50.2 Å². The molecule has 0 aliphatic heterocycles. The van der Waals surface area contributed by atoms with Crippen LogP contribution < -0.4 is 0 Å². The molecule has 11 heavy (non-hydrogen) atoms. The maximum absolute atomic E-state index is 10.5. The zero-order valence-electron chi connectivity index (χ0n) is 6.46. The van der Waals surface area contributed by atoms with Crippen LogP contribution in [0.3, 0.4) is 0 Å². The molecule has 0 aliphatic rings. The SMILES string of the molecule is Cc1nccc(C(=O)O)c1C. The van der Waals surface area contributed by atoms with Gasteiger partial charge >= 0.3 is 5.97 Å². The van der Waals surface area contributed by atoms with Gasteiger partial charge in [-0.15, -0.1) is 0 Å². The van der Waals surface area contributed by atoms with Crippen molar-refractivity contribution in [3.8, 4) is 0 Å². The first-order valence-electron chi connectivity index (χ1n) is 3.28. The number of aromatic carboxylic acids is 1. The highest BCUT2D eigenvalue weighted by atomic mass is 16.4. The summed E-state index contributed by atoms with van der Waals surface area (Å²) in [6.07, 6.45) is 1.51. The van der Waals surface area contributed by atoms with E-state index in [1.54, 1.807) is 13.8 Å². The number of aromatic nitrogens is 1. The third-order valence-corrected chi connectivity index (χ3v) is 1.69. The highest BCUT2D eigenvalue weighted by molar-refractivity contribution is 5.89. The average Bonchev–Trinajstić information content (AvgIpc) is 1.94. The number of carboxylic acid groups (broad SMARTS) is 1. The zero-order chi connectivity index (χ0) is 8.43. The lowest BCUT2D eigenvalue weighted by atomic mass is 10.1. The van der Waals surface area contributed by atoms with Gasteiger partial charge in [-0.25, -0.2) is 4.79 Å². The summed E-state index contributed by atoms with van der Waals surface area (Å²) in [5.74, 6) is -0.895. The lowest BCUT2D eigenvalue weighted by molar-refractivity contribution is 0.0696. The van der Waals surface area contributed by atoms with Crippen LogP contribution in [0.4, 0.5) is 0 Å². The van der Waals surface area contributed by atoms with Gasteiger partial charge in [-0.1, -0.05) is 0 Å². The fourth-order valence-corrected chi connectivity index (χ4v) is 0.872. The number of aryl methyl sites for hydroxylation is 1. The molecular formula is C8H9NO2. The summed E-state index contributed by atoms with van der Waals surface area (Å²) >= 11 is 0. The van der Waals surface area contributed by atoms with Crippen molar-refractivity contribution >= 4 is 5.97 Å². The molecule has 1 aromatic rings. The molecule has 0 amide bonds. The Balaban J connectivity index is 3.27. The lowest BCUT2D eigenvalue weighted by Crippen LogP contribution is -2.01. The molecule has 0 fully saturated rings. The molecule has 0 saturated carbocycles. The van der Waals surface area contributed by atoms with E-state index in [2.05, 4.69) is 4.98 Å². The Kier molecular flexibility index (Phi) is 1.89. The van der Waals surface area contributed by atoms with E-state index in [1.165, 1.54) is 12.3 Å². The van der Waals surface area contributed by atoms with Crippen molar-refractivity contribution in [1.82, 2.24) is 4.98 Å². The van der Waals surface area contributed by atoms with Crippen molar-refractivity contribution < 1.29 is 9.90 Å². The van der Waals surface area contributed by atoms with Gasteiger partial charge < -0.3 is 5.11 Å². The summed E-state index contributed by atoms with van der Waals surface area (Å²) in [6, 6.07) is 1.50. The smallest absolute Gasteiger partial charge is 0.336 e. The molecule has 0 atom stereocenters. The van der Waals surface area contributed by atoms with E-state index in [4.69, 9.17) is 5.11 Å². The van der Waals surface area contributed by atoms with Gasteiger partial charge in [0.1, 0.15) is 0 Å². The fraction of sp³-hybridized carbons (Fsp3) is 0.250. The first-order valence-corrected chi connectivity index (χ1v) is 3.28. The Bertz CT molecular complexity index is 294. The van der Waals surface area contributed by atoms with Crippen LogP contribution in [0.25, 0.3) is 0 Å². The molecule has 0 spiro atoms. The predicted octanol–water partition coefficient (Wildman–Crippen LogP) is 1.40. The van der Waals surface area contributed by atoms with Gasteiger partial charge in [-0.3, -0.25) is 4.98 Å². The molecule has 3 nitrogen and oxygen atoms in total. The number of rotatable bonds is 1. The molecule has 3 heteroatoms. The second kappa shape index (κ2) is 2.70. The zero-order valence-corrected chi connectivity index (χ0v) is 6.46. The highest BCUT2D eigenvalue weighted by Crippen LogP contribution is 2.09. The standard InChI is InChI=1S/C8H9NO2/c1-5-6(2)9-4-3-7(5)8(10)11/h3-4H,1-2H3,(H,10,11). The predicted molar refractivity (Wildman–Crippen MR) is 40.7 cm³/mol. The number of hydrogen-bond acceptors (Lipinski definition) is 2. The fourth-order valence-electron chi connectivity index (χ4n) is 0.872. The van der Waals surface area contributed by atoms with Crippen LogP contribution in [-0.4, -0.2) is 16.1 Å². The first-order chi connectivity index (χ1) is 5.13. The monoisotopic (exact) mass is 151 g/mol. The van der Waals surface area contributed by atoms with E-state index in [1.807, 2.05) is 0 Å². The van der Waals surface area contributed by atoms with Crippen molar-refractivity contribution in [2.24, 2.45) is 0 Å². The van der Waals surface area contributed by atoms with Gasteiger partial charge in [0, 0.05) is 11.9 Å². The first kappa shape index (κ1) is 7.72. The second-order valence-electron chi connectivity index (χ2n) is 2.37. The van der Waals surface area contributed by atoms with Crippen molar-refractivity contribution in [3.05, 3.63) is 29.1 Å². The molecule has 0 aromatic carbocycles. The van der Waals surface area contributed by atoms with E-state index in [9.17, 15) is 4.79 Å². The second-order valence-corrected chi connectivity index (χ2v) is 2.37. The van der Waals surface area contributed by atoms with E-state index < -0.39 is 5.97 Å². The van der Waals surface area contributed by atoms with E-state index in [-0.39, 0.29) is 0 Å². The lowest BCUT2D eigenvalue weighted by Gasteiger charge is -2.01. The molecule has 1 N–H and O–H groups in total. The minimum Gasteiger partial charge on any atom is -0.478 e. The Morgan fingerprint density at radius 1 is 1.55 bits per heavy atom. The molecule has 1 rings (SSSR count). The van der Waals surface area contributed by atoms with Crippen LogP contribution in [0.15, 0.2) is 12.3 Å². The maximum atomic E-state index is 10.5. The Labute approximate surface area is 64.7 Å². The third-order valence-electron chi connectivity index (χ3n) is 1.69. The van der Waals surface area contributed by atoms with Crippen molar-refractivity contribution in [3.63, 3.8) is 0 Å². The quantitative estimate of drug-likeness (QED) is 0.659. The average molecular weight is 151 g/mol.